The summed E-state index contributed by atoms with van der Waals surface area (Å²) in [6.07, 6.45) is 3.77. The number of allylic oxidation sites excluding steroid dienone is 2. The number of benzene rings is 1. The molecule has 1 unspecified atom stereocenters. The topological polar surface area (TPSA) is 12.5 Å². The Bertz CT molecular complexity index is 554. The Labute approximate surface area is 147 Å². The molecule has 0 fully saturated rings. The average Bonchev–Trinajstić information content (AvgIpc) is 2.54. The van der Waals surface area contributed by atoms with Crippen molar-refractivity contribution in [3.63, 3.8) is 0 Å². The average molecular weight is 332 g/mol. The van der Waals surface area contributed by atoms with Crippen molar-refractivity contribution in [2.24, 2.45) is 0 Å². The summed E-state index contributed by atoms with van der Waals surface area (Å²) in [6.45, 7) is 11.8. The van der Waals surface area contributed by atoms with Gasteiger partial charge < -0.3 is 4.65 Å². The molecule has 124 valence electrons. The highest BCUT2D eigenvalue weighted by Crippen LogP contribution is 2.23. The van der Waals surface area contributed by atoms with Crippen LogP contribution in [0, 0.1) is 0 Å². The first-order valence-corrected chi connectivity index (χ1v) is 8.55. The second kappa shape index (κ2) is 9.84. The van der Waals surface area contributed by atoms with E-state index >= 15 is 0 Å². The summed E-state index contributed by atoms with van der Waals surface area (Å²) < 4.78 is 4.90. The molecule has 0 spiro atoms. The minimum atomic E-state index is 0.00428. The van der Waals surface area contributed by atoms with Crippen molar-refractivity contribution in [3.8, 4) is 5.75 Å². The minimum Gasteiger partial charge on any atom is -0.568 e. The molecule has 23 heavy (non-hydrogen) atoms. The van der Waals surface area contributed by atoms with Gasteiger partial charge in [0.25, 0.3) is 0 Å². The number of hydrogen-bond donors (Lipinski definition) is 0. The van der Waals surface area contributed by atoms with Crippen LogP contribution < -0.4 is 4.65 Å². The van der Waals surface area contributed by atoms with Crippen LogP contribution in [-0.4, -0.2) is 31.9 Å². The SMILES string of the molecule is [B]Oc1ccc(CN(C)C/C(=C(\C=C)CC)C(C)Cl)cc1CC. The molecular weight excluding hydrogens is 304 g/mol. The molecule has 1 rings (SSSR count). The van der Waals surface area contributed by atoms with E-state index in [4.69, 9.17) is 24.3 Å². The zero-order chi connectivity index (χ0) is 17.4. The van der Waals surface area contributed by atoms with Gasteiger partial charge in [-0.25, -0.2) is 0 Å². The van der Waals surface area contributed by atoms with Crippen LogP contribution in [0.3, 0.4) is 0 Å². The smallest absolute Gasteiger partial charge is 0.374 e. The lowest BCUT2D eigenvalue weighted by molar-refractivity contribution is 0.351. The third kappa shape index (κ3) is 5.74. The third-order valence-corrected chi connectivity index (χ3v) is 4.31. The predicted octanol–water partition coefficient (Wildman–Crippen LogP) is 4.66. The number of halogens is 1. The van der Waals surface area contributed by atoms with Gasteiger partial charge in [-0.1, -0.05) is 38.6 Å². The number of rotatable bonds is 9. The Morgan fingerprint density at radius 2 is 2.13 bits per heavy atom. The van der Waals surface area contributed by atoms with E-state index in [-0.39, 0.29) is 5.38 Å². The van der Waals surface area contributed by atoms with Crippen LogP contribution in [0.15, 0.2) is 42.0 Å². The number of alkyl halides is 1. The van der Waals surface area contributed by atoms with Crippen LogP contribution in [0.5, 0.6) is 5.75 Å². The molecule has 1 atom stereocenters. The van der Waals surface area contributed by atoms with Gasteiger partial charge in [-0.2, -0.15) is 0 Å². The van der Waals surface area contributed by atoms with Crippen LogP contribution in [0.2, 0.25) is 0 Å². The fourth-order valence-electron chi connectivity index (χ4n) is 2.77. The maximum atomic E-state index is 6.37. The van der Waals surface area contributed by atoms with Gasteiger partial charge in [0.2, 0.25) is 0 Å². The largest absolute Gasteiger partial charge is 0.568 e. The Morgan fingerprint density at radius 1 is 1.43 bits per heavy atom. The quantitative estimate of drug-likeness (QED) is 0.370. The molecule has 2 radical (unpaired) electrons. The highest BCUT2D eigenvalue weighted by atomic mass is 35.5. The van der Waals surface area contributed by atoms with Gasteiger partial charge in [-0.05, 0) is 55.2 Å². The fourth-order valence-corrected chi connectivity index (χ4v) is 2.98. The monoisotopic (exact) mass is 331 g/mol. The van der Waals surface area contributed by atoms with Crippen LogP contribution in [-0.2, 0) is 13.0 Å². The first kappa shape index (κ1) is 19.9. The molecule has 4 heteroatoms. The van der Waals surface area contributed by atoms with Gasteiger partial charge in [0.15, 0.2) is 0 Å². The van der Waals surface area contributed by atoms with E-state index in [0.717, 1.165) is 37.2 Å². The van der Waals surface area contributed by atoms with E-state index < -0.39 is 0 Å². The number of aryl methyl sites for hydroxylation is 1. The van der Waals surface area contributed by atoms with E-state index in [1.54, 1.807) is 0 Å². The highest BCUT2D eigenvalue weighted by Gasteiger charge is 2.13. The van der Waals surface area contributed by atoms with E-state index in [2.05, 4.69) is 44.5 Å². The van der Waals surface area contributed by atoms with Crippen molar-refractivity contribution in [1.82, 2.24) is 4.90 Å². The second-order valence-corrected chi connectivity index (χ2v) is 6.46. The molecule has 0 aliphatic rings. The molecule has 0 aromatic heterocycles. The molecule has 0 aliphatic carbocycles. The van der Waals surface area contributed by atoms with Gasteiger partial charge in [0.1, 0.15) is 5.75 Å². The van der Waals surface area contributed by atoms with Crippen LogP contribution in [0.1, 0.15) is 38.3 Å². The first-order valence-electron chi connectivity index (χ1n) is 8.12. The fraction of sp³-hybridized carbons (Fsp3) is 0.474. The molecule has 0 bridgehead atoms. The molecular formula is C19H27BClNO. The van der Waals surface area contributed by atoms with Crippen molar-refractivity contribution in [1.29, 1.82) is 0 Å². The summed E-state index contributed by atoms with van der Waals surface area (Å²) in [4.78, 5) is 2.27. The van der Waals surface area contributed by atoms with Gasteiger partial charge in [-0.15, -0.1) is 11.6 Å². The first-order chi connectivity index (χ1) is 11.0. The molecule has 0 heterocycles. The van der Waals surface area contributed by atoms with E-state index in [9.17, 15) is 0 Å². The zero-order valence-corrected chi connectivity index (χ0v) is 15.5. The standard InChI is InChI=1S/C19H27BClNO/c1-6-16(7-2)18(14(4)21)13-22(5)12-15-9-10-19(23-20)17(8-3)11-15/h6,9-11,14H,1,7-8,12-13H2,2-5H3/b18-16-. The Morgan fingerprint density at radius 3 is 2.61 bits per heavy atom. The predicted molar refractivity (Wildman–Crippen MR) is 101 cm³/mol. The lowest BCUT2D eigenvalue weighted by Crippen LogP contribution is -2.24. The summed E-state index contributed by atoms with van der Waals surface area (Å²) in [6, 6.07) is 6.14. The molecule has 0 saturated heterocycles. The van der Waals surface area contributed by atoms with Crippen LogP contribution in [0.25, 0.3) is 0 Å². The summed E-state index contributed by atoms with van der Waals surface area (Å²) in [5.41, 5.74) is 4.84. The molecule has 2 nitrogen and oxygen atoms in total. The van der Waals surface area contributed by atoms with Gasteiger partial charge >= 0.3 is 8.05 Å². The van der Waals surface area contributed by atoms with Crippen molar-refractivity contribution in [2.45, 2.75) is 45.5 Å². The summed E-state index contributed by atoms with van der Waals surface area (Å²) in [5.74, 6) is 0.744. The van der Waals surface area contributed by atoms with Crippen molar-refractivity contribution < 1.29 is 4.65 Å². The van der Waals surface area contributed by atoms with Gasteiger partial charge in [0, 0.05) is 13.1 Å². The molecule has 0 N–H and O–H groups in total. The Balaban J connectivity index is 2.89. The third-order valence-electron chi connectivity index (χ3n) is 4.05. The second-order valence-electron chi connectivity index (χ2n) is 5.81. The molecule has 0 saturated carbocycles. The lowest BCUT2D eigenvalue weighted by atomic mass is 10.0. The van der Waals surface area contributed by atoms with Crippen molar-refractivity contribution in [3.05, 3.63) is 53.1 Å². The van der Waals surface area contributed by atoms with E-state index in [0.29, 0.717) is 0 Å². The lowest BCUT2D eigenvalue weighted by Gasteiger charge is -2.23. The molecule has 0 aliphatic heterocycles. The van der Waals surface area contributed by atoms with Crippen molar-refractivity contribution in [2.75, 3.05) is 13.6 Å². The Hall–Kier alpha value is -1.19. The molecule has 1 aromatic rings. The Kier molecular flexibility index (Phi) is 8.50. The number of hydrogen-bond acceptors (Lipinski definition) is 2. The summed E-state index contributed by atoms with van der Waals surface area (Å²) >= 11 is 6.37. The number of likely N-dealkylation sites (N-methyl/N-ethyl adjacent to an activating group) is 1. The highest BCUT2D eigenvalue weighted by molar-refractivity contribution is 6.22. The maximum Gasteiger partial charge on any atom is 0.374 e. The number of nitrogens with zero attached hydrogens (tertiary/aromatic N) is 1. The van der Waals surface area contributed by atoms with Crippen molar-refractivity contribution >= 4 is 19.7 Å². The van der Waals surface area contributed by atoms with E-state index in [1.165, 1.54) is 16.7 Å². The normalized spacial score (nSPS) is 13.7. The molecule has 1 aromatic carbocycles. The van der Waals surface area contributed by atoms with Gasteiger partial charge in [0.05, 0.1) is 5.38 Å². The molecule has 0 amide bonds. The van der Waals surface area contributed by atoms with E-state index in [1.807, 2.05) is 19.1 Å². The maximum absolute atomic E-state index is 6.37. The summed E-state index contributed by atoms with van der Waals surface area (Å²) in [5, 5.41) is 0.00428. The van der Waals surface area contributed by atoms with Gasteiger partial charge in [-0.3, -0.25) is 4.90 Å². The zero-order valence-electron chi connectivity index (χ0n) is 14.7. The van der Waals surface area contributed by atoms with Crippen LogP contribution in [0.4, 0.5) is 0 Å². The minimum absolute atomic E-state index is 0.00428. The summed E-state index contributed by atoms with van der Waals surface area (Å²) in [7, 11) is 7.41. The van der Waals surface area contributed by atoms with Crippen LogP contribution >= 0.6 is 11.6 Å².